The van der Waals surface area contributed by atoms with E-state index in [0.717, 1.165) is 12.1 Å². The largest absolute Gasteiger partial charge is 0.353 e. The molecule has 28 heavy (non-hydrogen) atoms. The van der Waals surface area contributed by atoms with Crippen LogP contribution in [0.15, 0.2) is 42.7 Å². The standard InChI is InChI=1S/C18H26N6O2.2ClH/c1-23(2)9-8-20-18(26)13-24-12-15(11-21-24)22-17(25)10-16(19)14-6-4-3-5-7-14;;/h3-7,11-12,16H,8-10,13,19H2,1-2H3,(H,20,26)(H,22,25);2*1H. The van der Waals surface area contributed by atoms with Gasteiger partial charge >= 0.3 is 0 Å². The van der Waals surface area contributed by atoms with Gasteiger partial charge in [0.15, 0.2) is 0 Å². The van der Waals surface area contributed by atoms with Crippen molar-refractivity contribution in [3.63, 3.8) is 0 Å². The van der Waals surface area contributed by atoms with E-state index in [9.17, 15) is 9.59 Å². The van der Waals surface area contributed by atoms with Crippen LogP contribution in [0.3, 0.4) is 0 Å². The van der Waals surface area contributed by atoms with Crippen LogP contribution in [0.5, 0.6) is 0 Å². The summed E-state index contributed by atoms with van der Waals surface area (Å²) in [6, 6.07) is 9.10. The van der Waals surface area contributed by atoms with Crippen LogP contribution in [-0.4, -0.2) is 53.7 Å². The van der Waals surface area contributed by atoms with Crippen LogP contribution in [0.1, 0.15) is 18.0 Å². The maximum Gasteiger partial charge on any atom is 0.241 e. The molecule has 1 aromatic heterocycles. The molecule has 0 spiro atoms. The monoisotopic (exact) mass is 430 g/mol. The minimum Gasteiger partial charge on any atom is -0.353 e. The molecular formula is C18H28Cl2N6O2. The van der Waals surface area contributed by atoms with Gasteiger partial charge < -0.3 is 21.3 Å². The Kier molecular flexibility index (Phi) is 12.1. The summed E-state index contributed by atoms with van der Waals surface area (Å²) >= 11 is 0. The first-order valence-corrected chi connectivity index (χ1v) is 8.48. The third-order valence-corrected chi connectivity index (χ3v) is 3.74. The van der Waals surface area contributed by atoms with E-state index in [-0.39, 0.29) is 55.6 Å². The third-order valence-electron chi connectivity index (χ3n) is 3.74. The number of carbonyl (C=O) groups excluding carboxylic acids is 2. The van der Waals surface area contributed by atoms with Gasteiger partial charge in [-0.3, -0.25) is 14.3 Å². The molecule has 0 bridgehead atoms. The van der Waals surface area contributed by atoms with Crippen molar-refractivity contribution in [3.05, 3.63) is 48.3 Å². The summed E-state index contributed by atoms with van der Waals surface area (Å²) in [6.07, 6.45) is 3.30. The van der Waals surface area contributed by atoms with Gasteiger partial charge in [-0.05, 0) is 19.7 Å². The molecular weight excluding hydrogens is 403 g/mol. The van der Waals surface area contributed by atoms with E-state index in [4.69, 9.17) is 5.73 Å². The average molecular weight is 431 g/mol. The van der Waals surface area contributed by atoms with E-state index in [1.165, 1.54) is 10.9 Å². The van der Waals surface area contributed by atoms with Gasteiger partial charge in [-0.15, -0.1) is 24.8 Å². The van der Waals surface area contributed by atoms with Gasteiger partial charge in [0.05, 0.1) is 11.9 Å². The number of rotatable bonds is 9. The number of hydrogen-bond donors (Lipinski definition) is 3. The number of halogens is 2. The molecule has 1 unspecified atom stereocenters. The van der Waals surface area contributed by atoms with E-state index in [1.807, 2.05) is 49.3 Å². The van der Waals surface area contributed by atoms with Crippen LogP contribution in [0.25, 0.3) is 0 Å². The number of anilines is 1. The number of carbonyl (C=O) groups is 2. The Hall–Kier alpha value is -2.13. The molecule has 1 aromatic carbocycles. The highest BCUT2D eigenvalue weighted by molar-refractivity contribution is 5.91. The first-order chi connectivity index (χ1) is 12.4. The molecule has 0 aliphatic rings. The van der Waals surface area contributed by atoms with Crippen LogP contribution < -0.4 is 16.4 Å². The normalized spacial score (nSPS) is 11.1. The average Bonchev–Trinajstić information content (AvgIpc) is 3.01. The van der Waals surface area contributed by atoms with E-state index in [2.05, 4.69) is 15.7 Å². The smallest absolute Gasteiger partial charge is 0.241 e. The highest BCUT2D eigenvalue weighted by atomic mass is 35.5. The fraction of sp³-hybridized carbons (Fsp3) is 0.389. The highest BCUT2D eigenvalue weighted by Crippen LogP contribution is 2.14. The molecule has 1 heterocycles. The van der Waals surface area contributed by atoms with Crippen molar-refractivity contribution in [2.24, 2.45) is 5.73 Å². The molecule has 0 saturated heterocycles. The third kappa shape index (κ3) is 9.18. The molecule has 8 nitrogen and oxygen atoms in total. The summed E-state index contributed by atoms with van der Waals surface area (Å²) in [5.74, 6) is -0.324. The summed E-state index contributed by atoms with van der Waals surface area (Å²) in [5, 5.41) is 9.65. The van der Waals surface area contributed by atoms with Crippen molar-refractivity contribution in [1.29, 1.82) is 0 Å². The summed E-state index contributed by atoms with van der Waals surface area (Å²) in [5.41, 5.74) is 7.50. The van der Waals surface area contributed by atoms with E-state index in [0.29, 0.717) is 12.2 Å². The summed E-state index contributed by atoms with van der Waals surface area (Å²) in [4.78, 5) is 25.9. The second-order valence-electron chi connectivity index (χ2n) is 6.35. The maximum absolute atomic E-state index is 12.1. The lowest BCUT2D eigenvalue weighted by Gasteiger charge is -2.11. The Morgan fingerprint density at radius 2 is 1.86 bits per heavy atom. The van der Waals surface area contributed by atoms with Gasteiger partial charge in [-0.25, -0.2) is 0 Å². The van der Waals surface area contributed by atoms with Crippen molar-refractivity contribution < 1.29 is 9.59 Å². The molecule has 0 aliphatic heterocycles. The SMILES string of the molecule is CN(C)CCNC(=O)Cn1cc(NC(=O)CC(N)c2ccccc2)cn1.Cl.Cl. The lowest BCUT2D eigenvalue weighted by Crippen LogP contribution is -2.33. The second kappa shape index (κ2) is 13.1. The first kappa shape index (κ1) is 25.9. The molecule has 4 N–H and O–H groups in total. The van der Waals surface area contributed by atoms with Crippen LogP contribution in [-0.2, 0) is 16.1 Å². The van der Waals surface area contributed by atoms with E-state index < -0.39 is 0 Å². The Labute approximate surface area is 177 Å². The molecule has 0 aliphatic carbocycles. The van der Waals surface area contributed by atoms with Crippen molar-refractivity contribution in [1.82, 2.24) is 20.0 Å². The van der Waals surface area contributed by atoms with Crippen LogP contribution in [0.4, 0.5) is 5.69 Å². The van der Waals surface area contributed by atoms with Crippen molar-refractivity contribution in [2.75, 3.05) is 32.5 Å². The summed E-state index contributed by atoms with van der Waals surface area (Å²) in [6.45, 7) is 1.45. The molecule has 0 fully saturated rings. The molecule has 2 aromatic rings. The Morgan fingerprint density at radius 3 is 2.50 bits per heavy atom. The van der Waals surface area contributed by atoms with Gasteiger partial charge in [0.1, 0.15) is 6.54 Å². The molecule has 2 rings (SSSR count). The van der Waals surface area contributed by atoms with Crippen molar-refractivity contribution in [2.45, 2.75) is 19.0 Å². The molecule has 10 heteroatoms. The van der Waals surface area contributed by atoms with Crippen LogP contribution in [0, 0.1) is 0 Å². The number of nitrogens with one attached hydrogen (secondary N) is 2. The summed E-state index contributed by atoms with van der Waals surface area (Å²) < 4.78 is 1.48. The molecule has 0 radical (unpaired) electrons. The molecule has 1 atom stereocenters. The van der Waals surface area contributed by atoms with E-state index >= 15 is 0 Å². The van der Waals surface area contributed by atoms with Gasteiger partial charge in [0, 0.05) is 31.7 Å². The number of nitrogens with two attached hydrogens (primary N) is 1. The van der Waals surface area contributed by atoms with Gasteiger partial charge in [0.25, 0.3) is 0 Å². The van der Waals surface area contributed by atoms with Gasteiger partial charge in [-0.2, -0.15) is 5.10 Å². The Bertz CT molecular complexity index is 724. The Balaban J connectivity index is 0.00000364. The molecule has 2 amide bonds. The zero-order chi connectivity index (χ0) is 18.9. The number of benzene rings is 1. The maximum atomic E-state index is 12.1. The topological polar surface area (TPSA) is 105 Å². The molecule has 156 valence electrons. The van der Waals surface area contributed by atoms with Crippen molar-refractivity contribution in [3.8, 4) is 0 Å². The predicted octanol–water partition coefficient (Wildman–Crippen LogP) is 1.43. The fourth-order valence-corrected chi connectivity index (χ4v) is 2.37. The number of nitrogens with zero attached hydrogens (tertiary/aromatic N) is 3. The lowest BCUT2D eigenvalue weighted by molar-refractivity contribution is -0.121. The first-order valence-electron chi connectivity index (χ1n) is 8.48. The van der Waals surface area contributed by atoms with Crippen molar-refractivity contribution >= 4 is 42.3 Å². The number of amides is 2. The number of hydrogen-bond acceptors (Lipinski definition) is 5. The fourth-order valence-electron chi connectivity index (χ4n) is 2.37. The molecule has 0 saturated carbocycles. The second-order valence-corrected chi connectivity index (χ2v) is 6.35. The highest BCUT2D eigenvalue weighted by Gasteiger charge is 2.12. The quantitative estimate of drug-likeness (QED) is 0.557. The van der Waals surface area contributed by atoms with Gasteiger partial charge in [0.2, 0.25) is 11.8 Å². The minimum absolute atomic E-state index is 0. The zero-order valence-corrected chi connectivity index (χ0v) is 17.6. The number of likely N-dealkylation sites (N-methyl/N-ethyl adjacent to an activating group) is 1. The summed E-state index contributed by atoms with van der Waals surface area (Å²) in [7, 11) is 3.89. The zero-order valence-electron chi connectivity index (χ0n) is 16.0. The number of aromatic nitrogens is 2. The van der Waals surface area contributed by atoms with Crippen LogP contribution in [0.2, 0.25) is 0 Å². The predicted molar refractivity (Wildman–Crippen MR) is 115 cm³/mol. The Morgan fingerprint density at radius 1 is 1.18 bits per heavy atom. The lowest BCUT2D eigenvalue weighted by atomic mass is 10.0. The van der Waals surface area contributed by atoms with Crippen LogP contribution >= 0.6 is 24.8 Å². The van der Waals surface area contributed by atoms with Gasteiger partial charge in [-0.1, -0.05) is 30.3 Å². The van der Waals surface area contributed by atoms with E-state index in [1.54, 1.807) is 6.20 Å². The minimum atomic E-state index is -0.367.